The molecule has 0 aromatic heterocycles. The molecule has 1 saturated heterocycles. The predicted molar refractivity (Wildman–Crippen MR) is 84.3 cm³/mol. The van der Waals surface area contributed by atoms with Crippen LogP contribution in [0.4, 0.5) is 4.39 Å². The number of likely N-dealkylation sites (N-methyl/N-ethyl adjacent to an activating group) is 1. The van der Waals surface area contributed by atoms with Crippen molar-refractivity contribution in [3.63, 3.8) is 0 Å². The minimum atomic E-state index is -0.184. The Bertz CT molecular complexity index is 433. The predicted octanol–water partition coefficient (Wildman–Crippen LogP) is 2.31. The summed E-state index contributed by atoms with van der Waals surface area (Å²) in [6, 6.07) is 5.21. The molecule has 0 radical (unpaired) electrons. The van der Waals surface area contributed by atoms with Gasteiger partial charge in [-0.2, -0.15) is 0 Å². The van der Waals surface area contributed by atoms with Crippen LogP contribution in [0, 0.1) is 5.82 Å². The molecule has 1 heterocycles. The van der Waals surface area contributed by atoms with E-state index in [-0.39, 0.29) is 5.82 Å². The van der Waals surface area contributed by atoms with Crippen LogP contribution in [0.5, 0.6) is 0 Å². The molecular weight excluding hydrogens is 321 g/mol. The average molecular weight is 344 g/mol. The van der Waals surface area contributed by atoms with E-state index in [4.69, 9.17) is 0 Å². The Hall–Kier alpha value is -0.490. The normalized spacial score (nSPS) is 19.2. The highest BCUT2D eigenvalue weighted by Crippen LogP contribution is 2.17. The Kier molecular flexibility index (Phi) is 5.96. The molecule has 1 fully saturated rings. The summed E-state index contributed by atoms with van der Waals surface area (Å²) in [5.41, 5.74) is 0.968. The highest BCUT2D eigenvalue weighted by atomic mass is 79.9. The molecule has 1 aliphatic rings. The van der Waals surface area contributed by atoms with Gasteiger partial charge in [-0.25, -0.2) is 4.39 Å². The molecule has 1 atom stereocenters. The fourth-order valence-corrected chi connectivity index (χ4v) is 2.83. The SMILES string of the molecule is C[C@H](CN1CCN(C)CC1)NCc1cc(F)ccc1Br. The first kappa shape index (κ1) is 15.9. The molecule has 1 N–H and O–H groups in total. The van der Waals surface area contributed by atoms with E-state index >= 15 is 0 Å². The lowest BCUT2D eigenvalue weighted by molar-refractivity contribution is 0.144. The first-order valence-electron chi connectivity index (χ1n) is 7.13. The number of nitrogens with one attached hydrogen (secondary N) is 1. The van der Waals surface area contributed by atoms with Gasteiger partial charge in [-0.15, -0.1) is 0 Å². The van der Waals surface area contributed by atoms with E-state index in [9.17, 15) is 4.39 Å². The van der Waals surface area contributed by atoms with Gasteiger partial charge >= 0.3 is 0 Å². The second kappa shape index (κ2) is 7.50. The van der Waals surface area contributed by atoms with Gasteiger partial charge in [0, 0.05) is 49.8 Å². The molecule has 2 rings (SSSR count). The summed E-state index contributed by atoms with van der Waals surface area (Å²) < 4.78 is 14.2. The molecule has 1 aliphatic heterocycles. The summed E-state index contributed by atoms with van der Waals surface area (Å²) in [7, 11) is 2.17. The van der Waals surface area contributed by atoms with Crippen LogP contribution in [0.25, 0.3) is 0 Å². The Morgan fingerprint density at radius 1 is 1.30 bits per heavy atom. The van der Waals surface area contributed by atoms with Crippen LogP contribution in [0.15, 0.2) is 22.7 Å². The topological polar surface area (TPSA) is 18.5 Å². The van der Waals surface area contributed by atoms with E-state index in [1.54, 1.807) is 12.1 Å². The number of hydrogen-bond donors (Lipinski definition) is 1. The van der Waals surface area contributed by atoms with Gasteiger partial charge in [0.2, 0.25) is 0 Å². The molecule has 20 heavy (non-hydrogen) atoms. The lowest BCUT2D eigenvalue weighted by atomic mass is 10.2. The molecule has 0 amide bonds. The van der Waals surface area contributed by atoms with E-state index in [0.29, 0.717) is 12.6 Å². The van der Waals surface area contributed by atoms with Crippen LogP contribution >= 0.6 is 15.9 Å². The molecular formula is C15H23BrFN3. The third-order valence-corrected chi connectivity index (χ3v) is 4.55. The van der Waals surface area contributed by atoms with Crippen LogP contribution in [-0.4, -0.2) is 55.6 Å². The molecule has 0 aliphatic carbocycles. The van der Waals surface area contributed by atoms with E-state index in [1.807, 2.05) is 0 Å². The Morgan fingerprint density at radius 2 is 2.00 bits per heavy atom. The Labute approximate surface area is 129 Å². The molecule has 1 aromatic carbocycles. The third-order valence-electron chi connectivity index (χ3n) is 3.78. The fraction of sp³-hybridized carbons (Fsp3) is 0.600. The smallest absolute Gasteiger partial charge is 0.123 e. The van der Waals surface area contributed by atoms with Gasteiger partial charge in [-0.1, -0.05) is 15.9 Å². The molecule has 112 valence electrons. The van der Waals surface area contributed by atoms with Gasteiger partial charge < -0.3 is 10.2 Å². The molecule has 0 bridgehead atoms. The van der Waals surface area contributed by atoms with Gasteiger partial charge in [0.1, 0.15) is 5.82 Å². The van der Waals surface area contributed by atoms with Crippen LogP contribution < -0.4 is 5.32 Å². The van der Waals surface area contributed by atoms with Crippen LogP contribution in [0.3, 0.4) is 0 Å². The van der Waals surface area contributed by atoms with Gasteiger partial charge in [-0.3, -0.25) is 4.90 Å². The maximum Gasteiger partial charge on any atom is 0.123 e. The zero-order chi connectivity index (χ0) is 14.5. The van der Waals surface area contributed by atoms with Crippen LogP contribution in [0.1, 0.15) is 12.5 Å². The van der Waals surface area contributed by atoms with Gasteiger partial charge in [0.25, 0.3) is 0 Å². The lowest BCUT2D eigenvalue weighted by Crippen LogP contribution is -2.48. The number of piperazine rings is 1. The van der Waals surface area contributed by atoms with E-state index < -0.39 is 0 Å². The number of hydrogen-bond acceptors (Lipinski definition) is 3. The van der Waals surface area contributed by atoms with E-state index in [0.717, 1.165) is 42.8 Å². The third kappa shape index (κ3) is 4.81. The summed E-state index contributed by atoms with van der Waals surface area (Å²) in [6.07, 6.45) is 0. The zero-order valence-corrected chi connectivity index (χ0v) is 13.8. The van der Waals surface area contributed by atoms with E-state index in [2.05, 4.69) is 45.0 Å². The average Bonchev–Trinajstić information content (AvgIpc) is 2.42. The highest BCUT2D eigenvalue weighted by molar-refractivity contribution is 9.10. The Balaban J connectivity index is 1.77. The van der Waals surface area contributed by atoms with Crippen molar-refractivity contribution in [3.8, 4) is 0 Å². The fourth-order valence-electron chi connectivity index (χ4n) is 2.45. The monoisotopic (exact) mass is 343 g/mol. The molecule has 5 heteroatoms. The first-order chi connectivity index (χ1) is 9.54. The highest BCUT2D eigenvalue weighted by Gasteiger charge is 2.15. The minimum absolute atomic E-state index is 0.184. The van der Waals surface area contributed by atoms with Crippen LogP contribution in [-0.2, 0) is 6.54 Å². The van der Waals surface area contributed by atoms with Crippen molar-refractivity contribution in [1.29, 1.82) is 0 Å². The maximum atomic E-state index is 13.2. The summed E-state index contributed by atoms with van der Waals surface area (Å²) >= 11 is 3.46. The van der Waals surface area contributed by atoms with Gasteiger partial charge in [0.15, 0.2) is 0 Å². The molecule has 0 spiro atoms. The quantitative estimate of drug-likeness (QED) is 0.885. The van der Waals surface area contributed by atoms with Crippen molar-refractivity contribution in [3.05, 3.63) is 34.1 Å². The number of halogens is 2. The lowest BCUT2D eigenvalue weighted by Gasteiger charge is -2.34. The Morgan fingerprint density at radius 3 is 2.70 bits per heavy atom. The molecule has 0 unspecified atom stereocenters. The minimum Gasteiger partial charge on any atom is -0.309 e. The van der Waals surface area contributed by atoms with Crippen molar-refractivity contribution in [2.24, 2.45) is 0 Å². The molecule has 0 saturated carbocycles. The number of nitrogens with zero attached hydrogens (tertiary/aromatic N) is 2. The largest absolute Gasteiger partial charge is 0.309 e. The summed E-state index contributed by atoms with van der Waals surface area (Å²) in [5, 5.41) is 3.47. The first-order valence-corrected chi connectivity index (χ1v) is 7.92. The summed E-state index contributed by atoms with van der Waals surface area (Å²) in [4.78, 5) is 4.84. The maximum absolute atomic E-state index is 13.2. The number of rotatable bonds is 5. The van der Waals surface area contributed by atoms with Gasteiger partial charge in [0.05, 0.1) is 0 Å². The van der Waals surface area contributed by atoms with Crippen molar-refractivity contribution in [1.82, 2.24) is 15.1 Å². The van der Waals surface area contributed by atoms with Crippen molar-refractivity contribution >= 4 is 15.9 Å². The molecule has 3 nitrogen and oxygen atoms in total. The van der Waals surface area contributed by atoms with E-state index in [1.165, 1.54) is 6.07 Å². The standard InChI is InChI=1S/C15H23BrFN3/c1-12(11-20-7-5-19(2)6-8-20)18-10-13-9-14(17)3-4-15(13)16/h3-4,9,12,18H,5-8,10-11H2,1-2H3/t12-/m1/s1. The second-order valence-electron chi connectivity index (χ2n) is 5.62. The van der Waals surface area contributed by atoms with Crippen LogP contribution in [0.2, 0.25) is 0 Å². The molecule has 1 aromatic rings. The summed E-state index contributed by atoms with van der Waals surface area (Å²) in [6.45, 7) is 8.46. The van der Waals surface area contributed by atoms with Crippen molar-refractivity contribution in [2.75, 3.05) is 39.8 Å². The second-order valence-corrected chi connectivity index (χ2v) is 6.48. The van der Waals surface area contributed by atoms with Crippen molar-refractivity contribution in [2.45, 2.75) is 19.5 Å². The number of benzene rings is 1. The summed E-state index contributed by atoms with van der Waals surface area (Å²) in [5.74, 6) is -0.184. The van der Waals surface area contributed by atoms with Crippen molar-refractivity contribution < 1.29 is 4.39 Å². The van der Waals surface area contributed by atoms with Gasteiger partial charge in [-0.05, 0) is 37.7 Å². The zero-order valence-electron chi connectivity index (χ0n) is 12.2.